The van der Waals surface area contributed by atoms with Gasteiger partial charge in [0.1, 0.15) is 0 Å². The monoisotopic (exact) mass is 324 g/mol. The largest absolute Gasteiger partial charge is 0.481 e. The molecule has 0 radical (unpaired) electrons. The van der Waals surface area contributed by atoms with E-state index in [4.69, 9.17) is 9.84 Å². The molecule has 0 aromatic carbocycles. The summed E-state index contributed by atoms with van der Waals surface area (Å²) in [4.78, 5) is 39.3. The van der Waals surface area contributed by atoms with Crippen LogP contribution in [0.1, 0.15) is 38.5 Å². The molecule has 0 unspecified atom stereocenters. The number of carbonyl (C=O) groups is 3. The number of nitrogens with zero attached hydrogens (tertiary/aromatic N) is 2. The number of hydrogen-bond donors (Lipinski definition) is 1. The van der Waals surface area contributed by atoms with Crippen LogP contribution in [0.5, 0.6) is 0 Å². The number of carbonyl (C=O) groups excluding carboxylic acids is 2. The zero-order valence-corrected chi connectivity index (χ0v) is 13.3. The first kappa shape index (κ1) is 16.2. The van der Waals surface area contributed by atoms with Crippen LogP contribution >= 0.6 is 0 Å². The number of amides is 2. The van der Waals surface area contributed by atoms with Crippen LogP contribution in [0.15, 0.2) is 0 Å². The third-order valence-electron chi connectivity index (χ3n) is 5.13. The van der Waals surface area contributed by atoms with Crippen molar-refractivity contribution < 1.29 is 24.2 Å². The van der Waals surface area contributed by atoms with Crippen LogP contribution in [0, 0.1) is 5.92 Å². The quantitative estimate of drug-likeness (QED) is 0.813. The average Bonchev–Trinajstić information content (AvgIpc) is 3.15. The van der Waals surface area contributed by atoms with Gasteiger partial charge in [0.2, 0.25) is 11.8 Å². The highest BCUT2D eigenvalue weighted by Gasteiger charge is 2.41. The first-order chi connectivity index (χ1) is 11.0. The molecule has 0 spiro atoms. The molecule has 2 heterocycles. The smallest absolute Gasteiger partial charge is 0.306 e. The number of hydrogen-bond acceptors (Lipinski definition) is 4. The van der Waals surface area contributed by atoms with Gasteiger partial charge in [-0.25, -0.2) is 0 Å². The van der Waals surface area contributed by atoms with E-state index in [0.29, 0.717) is 32.3 Å². The first-order valence-electron chi connectivity index (χ1n) is 8.46. The molecule has 1 saturated carbocycles. The SMILES string of the molecule is O=C(O)C[C@@H]1CN(C(=O)[C@H]2CC(=O)N(C3CCCC3)C2)CCO1. The van der Waals surface area contributed by atoms with E-state index >= 15 is 0 Å². The second kappa shape index (κ2) is 6.86. The lowest BCUT2D eigenvalue weighted by Gasteiger charge is -2.34. The van der Waals surface area contributed by atoms with Crippen LogP contribution in [0.4, 0.5) is 0 Å². The van der Waals surface area contributed by atoms with Gasteiger partial charge in [-0.3, -0.25) is 14.4 Å². The Kier molecular flexibility index (Phi) is 4.84. The fraction of sp³-hybridized carbons (Fsp3) is 0.812. The van der Waals surface area contributed by atoms with E-state index in [1.165, 1.54) is 0 Å². The number of morpholine rings is 1. The van der Waals surface area contributed by atoms with Gasteiger partial charge in [-0.15, -0.1) is 0 Å². The topological polar surface area (TPSA) is 87.2 Å². The summed E-state index contributed by atoms with van der Waals surface area (Å²) in [5, 5.41) is 8.86. The highest BCUT2D eigenvalue weighted by molar-refractivity contribution is 5.89. The van der Waals surface area contributed by atoms with E-state index in [9.17, 15) is 14.4 Å². The zero-order chi connectivity index (χ0) is 16.4. The van der Waals surface area contributed by atoms with Crippen molar-refractivity contribution in [1.29, 1.82) is 0 Å². The van der Waals surface area contributed by atoms with E-state index in [-0.39, 0.29) is 30.6 Å². The van der Waals surface area contributed by atoms with Gasteiger partial charge in [0.05, 0.1) is 25.0 Å². The second-order valence-corrected chi connectivity index (χ2v) is 6.76. The van der Waals surface area contributed by atoms with E-state index in [1.54, 1.807) is 4.90 Å². The van der Waals surface area contributed by atoms with Crippen LogP contribution < -0.4 is 0 Å². The molecule has 2 atom stereocenters. The standard InChI is InChI=1S/C16H24N2O5/c19-14-7-11(9-18(14)12-3-1-2-4-12)16(22)17-5-6-23-13(10-17)8-15(20)21/h11-13H,1-10H2,(H,20,21)/t11-,13+/m0/s1. The summed E-state index contributed by atoms with van der Waals surface area (Å²) in [7, 11) is 0. The minimum Gasteiger partial charge on any atom is -0.481 e. The van der Waals surface area contributed by atoms with Crippen LogP contribution in [0.2, 0.25) is 0 Å². The molecular formula is C16H24N2O5. The van der Waals surface area contributed by atoms with Gasteiger partial charge in [0.25, 0.3) is 0 Å². The Morgan fingerprint density at radius 1 is 1.22 bits per heavy atom. The number of aliphatic carboxylic acids is 1. The normalized spacial score (nSPS) is 29.3. The van der Waals surface area contributed by atoms with E-state index in [1.807, 2.05) is 4.90 Å². The average molecular weight is 324 g/mol. The van der Waals surface area contributed by atoms with Gasteiger partial charge in [0.15, 0.2) is 0 Å². The molecule has 7 heteroatoms. The fourth-order valence-electron chi connectivity index (χ4n) is 3.96. The summed E-state index contributed by atoms with van der Waals surface area (Å²) in [5.74, 6) is -1.15. The van der Waals surface area contributed by atoms with Gasteiger partial charge in [-0.05, 0) is 12.8 Å². The molecule has 3 fully saturated rings. The minimum absolute atomic E-state index is 0.0301. The van der Waals surface area contributed by atoms with Gasteiger partial charge in [-0.1, -0.05) is 12.8 Å². The molecule has 2 saturated heterocycles. The number of rotatable bonds is 4. The van der Waals surface area contributed by atoms with Crippen molar-refractivity contribution in [2.24, 2.45) is 5.92 Å². The molecule has 2 aliphatic heterocycles. The molecule has 0 aromatic rings. The summed E-state index contributed by atoms with van der Waals surface area (Å²) in [5.41, 5.74) is 0. The van der Waals surface area contributed by atoms with Crippen molar-refractivity contribution in [1.82, 2.24) is 9.80 Å². The predicted molar refractivity (Wildman–Crippen MR) is 80.6 cm³/mol. The van der Waals surface area contributed by atoms with Crippen LogP contribution in [0.25, 0.3) is 0 Å². The molecule has 3 rings (SSSR count). The van der Waals surface area contributed by atoms with Crippen molar-refractivity contribution in [2.75, 3.05) is 26.2 Å². The Labute approximate surface area is 135 Å². The molecule has 0 aromatic heterocycles. The number of carboxylic acids is 1. The fourth-order valence-corrected chi connectivity index (χ4v) is 3.96. The van der Waals surface area contributed by atoms with Gasteiger partial charge in [0, 0.05) is 32.1 Å². The lowest BCUT2D eigenvalue weighted by Crippen LogP contribution is -2.48. The maximum absolute atomic E-state index is 12.7. The van der Waals surface area contributed by atoms with Crippen molar-refractivity contribution in [3.05, 3.63) is 0 Å². The molecule has 7 nitrogen and oxygen atoms in total. The first-order valence-corrected chi connectivity index (χ1v) is 8.46. The maximum Gasteiger partial charge on any atom is 0.306 e. The number of ether oxygens (including phenoxy) is 1. The van der Waals surface area contributed by atoms with Gasteiger partial charge in [-0.2, -0.15) is 0 Å². The third kappa shape index (κ3) is 3.65. The van der Waals surface area contributed by atoms with Crippen molar-refractivity contribution >= 4 is 17.8 Å². The van der Waals surface area contributed by atoms with Crippen molar-refractivity contribution in [2.45, 2.75) is 50.7 Å². The summed E-state index contributed by atoms with van der Waals surface area (Å²) in [6.07, 6.45) is 4.15. The summed E-state index contributed by atoms with van der Waals surface area (Å²) in [6.45, 7) is 1.66. The van der Waals surface area contributed by atoms with Crippen molar-refractivity contribution in [3.63, 3.8) is 0 Å². The molecule has 23 heavy (non-hydrogen) atoms. The van der Waals surface area contributed by atoms with E-state index in [0.717, 1.165) is 25.7 Å². The van der Waals surface area contributed by atoms with Gasteiger partial charge < -0.3 is 19.6 Å². The van der Waals surface area contributed by atoms with E-state index in [2.05, 4.69) is 0 Å². The predicted octanol–water partition coefficient (Wildman–Crippen LogP) is 0.480. The summed E-state index contributed by atoms with van der Waals surface area (Å²) in [6, 6.07) is 0.310. The Balaban J connectivity index is 1.57. The van der Waals surface area contributed by atoms with Crippen LogP contribution in [-0.4, -0.2) is 71.1 Å². The summed E-state index contributed by atoms with van der Waals surface area (Å²) < 4.78 is 5.40. The molecule has 1 N–H and O–H groups in total. The maximum atomic E-state index is 12.7. The van der Waals surface area contributed by atoms with Crippen LogP contribution in [0.3, 0.4) is 0 Å². The summed E-state index contributed by atoms with van der Waals surface area (Å²) >= 11 is 0. The van der Waals surface area contributed by atoms with E-state index < -0.39 is 12.1 Å². The molecule has 0 bridgehead atoms. The Hall–Kier alpha value is -1.63. The third-order valence-corrected chi connectivity index (χ3v) is 5.13. The number of carboxylic acid groups (broad SMARTS) is 1. The molecule has 3 aliphatic rings. The minimum atomic E-state index is -0.923. The highest BCUT2D eigenvalue weighted by atomic mass is 16.5. The highest BCUT2D eigenvalue weighted by Crippen LogP contribution is 2.30. The Bertz CT molecular complexity index is 489. The lowest BCUT2D eigenvalue weighted by molar-refractivity contribution is -0.149. The second-order valence-electron chi connectivity index (χ2n) is 6.76. The number of likely N-dealkylation sites (tertiary alicyclic amines) is 1. The Morgan fingerprint density at radius 2 is 1.96 bits per heavy atom. The van der Waals surface area contributed by atoms with Gasteiger partial charge >= 0.3 is 5.97 Å². The van der Waals surface area contributed by atoms with Crippen molar-refractivity contribution in [3.8, 4) is 0 Å². The lowest BCUT2D eigenvalue weighted by atomic mass is 10.1. The molecule has 128 valence electrons. The molecule has 2 amide bonds. The Morgan fingerprint density at radius 3 is 2.65 bits per heavy atom. The molecule has 1 aliphatic carbocycles. The molecular weight excluding hydrogens is 300 g/mol. The zero-order valence-electron chi connectivity index (χ0n) is 13.3. The van der Waals surface area contributed by atoms with Crippen LogP contribution in [-0.2, 0) is 19.1 Å².